The average molecular weight is 238 g/mol. The molecule has 94 valence electrons. The summed E-state index contributed by atoms with van der Waals surface area (Å²) >= 11 is 0. The van der Waals surface area contributed by atoms with Crippen LogP contribution in [0.1, 0.15) is 50.1 Å². The summed E-state index contributed by atoms with van der Waals surface area (Å²) in [5.74, 6) is -0.818. The third-order valence-corrected chi connectivity index (χ3v) is 4.58. The van der Waals surface area contributed by atoms with Gasteiger partial charge in [0, 0.05) is 5.92 Å². The van der Waals surface area contributed by atoms with Crippen molar-refractivity contribution in [3.8, 4) is 0 Å². The van der Waals surface area contributed by atoms with E-state index in [2.05, 4.69) is 27.7 Å². The summed E-state index contributed by atoms with van der Waals surface area (Å²) in [6.07, 6.45) is -0.743. The number of hydrogen-bond donors (Lipinski definition) is 2. The third kappa shape index (κ3) is 1.59. The molecule has 0 amide bonds. The number of aliphatic hydroxyl groups is 1. The molecule has 2 rings (SSSR count). The number of aromatic carboxylic acids is 1. The summed E-state index contributed by atoms with van der Waals surface area (Å²) in [6.45, 7) is 8.40. The molecule has 0 saturated heterocycles. The van der Waals surface area contributed by atoms with Gasteiger partial charge in [-0.05, 0) is 23.0 Å². The Labute approximate surface area is 100 Å². The quantitative estimate of drug-likeness (QED) is 0.849. The summed E-state index contributed by atoms with van der Waals surface area (Å²) in [4.78, 5) is 10.7. The van der Waals surface area contributed by atoms with E-state index in [4.69, 9.17) is 9.52 Å². The second kappa shape index (κ2) is 3.35. The van der Waals surface area contributed by atoms with Crippen LogP contribution in [0.3, 0.4) is 0 Å². The van der Waals surface area contributed by atoms with Crippen molar-refractivity contribution in [3.05, 3.63) is 23.7 Å². The molecule has 1 atom stereocenters. The molecule has 1 aliphatic carbocycles. The first kappa shape index (κ1) is 12.2. The van der Waals surface area contributed by atoms with Gasteiger partial charge in [0.1, 0.15) is 11.9 Å². The molecular formula is C13H18O4. The van der Waals surface area contributed by atoms with E-state index in [1.54, 1.807) is 6.07 Å². The summed E-state index contributed by atoms with van der Waals surface area (Å²) < 4.78 is 5.15. The van der Waals surface area contributed by atoms with Crippen molar-refractivity contribution in [2.75, 3.05) is 0 Å². The summed E-state index contributed by atoms with van der Waals surface area (Å²) in [5, 5.41) is 19.0. The minimum absolute atomic E-state index is 0.0304. The second-order valence-corrected chi connectivity index (χ2v) is 5.87. The molecule has 1 aromatic heterocycles. The van der Waals surface area contributed by atoms with Crippen LogP contribution in [-0.2, 0) is 0 Å². The van der Waals surface area contributed by atoms with Gasteiger partial charge in [0.15, 0.2) is 0 Å². The molecule has 0 radical (unpaired) electrons. The molecule has 1 fully saturated rings. The van der Waals surface area contributed by atoms with Crippen molar-refractivity contribution in [2.45, 2.75) is 33.8 Å². The van der Waals surface area contributed by atoms with Gasteiger partial charge in [-0.2, -0.15) is 0 Å². The molecule has 0 bridgehead atoms. The van der Waals surface area contributed by atoms with Crippen LogP contribution in [0.5, 0.6) is 0 Å². The zero-order chi connectivity index (χ0) is 13.0. The monoisotopic (exact) mass is 238 g/mol. The summed E-state index contributed by atoms with van der Waals surface area (Å²) in [6, 6.07) is 2.92. The second-order valence-electron chi connectivity index (χ2n) is 5.87. The largest absolute Gasteiger partial charge is 0.475 e. The Morgan fingerprint density at radius 2 is 1.82 bits per heavy atom. The SMILES string of the molecule is CC1(C)C(C(O)c2ccc(C(=O)O)o2)C1(C)C. The highest BCUT2D eigenvalue weighted by Gasteiger charge is 2.67. The molecular weight excluding hydrogens is 220 g/mol. The Balaban J connectivity index is 2.22. The van der Waals surface area contributed by atoms with Crippen LogP contribution in [0.2, 0.25) is 0 Å². The maximum absolute atomic E-state index is 10.7. The fraction of sp³-hybridized carbons (Fsp3) is 0.615. The molecule has 1 aromatic rings. The highest BCUT2D eigenvalue weighted by molar-refractivity contribution is 5.84. The number of aliphatic hydroxyl groups excluding tert-OH is 1. The lowest BCUT2D eigenvalue weighted by molar-refractivity contribution is 0.0641. The van der Waals surface area contributed by atoms with Gasteiger partial charge in [0.25, 0.3) is 0 Å². The third-order valence-electron chi connectivity index (χ3n) is 4.58. The molecule has 0 spiro atoms. The van der Waals surface area contributed by atoms with Crippen LogP contribution in [0, 0.1) is 16.7 Å². The Kier molecular flexibility index (Phi) is 2.40. The molecule has 0 aromatic carbocycles. The van der Waals surface area contributed by atoms with E-state index in [1.165, 1.54) is 6.07 Å². The van der Waals surface area contributed by atoms with E-state index in [0.717, 1.165) is 0 Å². The zero-order valence-electron chi connectivity index (χ0n) is 10.5. The Morgan fingerprint density at radius 1 is 1.29 bits per heavy atom. The number of hydrogen-bond acceptors (Lipinski definition) is 3. The van der Waals surface area contributed by atoms with Gasteiger partial charge in [-0.1, -0.05) is 27.7 Å². The van der Waals surface area contributed by atoms with Gasteiger partial charge in [0.2, 0.25) is 5.76 Å². The number of rotatable bonds is 3. The van der Waals surface area contributed by atoms with Crippen LogP contribution >= 0.6 is 0 Å². The lowest BCUT2D eigenvalue weighted by Gasteiger charge is -2.09. The summed E-state index contributed by atoms with van der Waals surface area (Å²) in [5.41, 5.74) is 0.0607. The van der Waals surface area contributed by atoms with E-state index in [0.29, 0.717) is 5.76 Å². The Hall–Kier alpha value is -1.29. The predicted octanol–water partition coefficient (Wildman–Crippen LogP) is 2.69. The normalized spacial score (nSPS) is 23.4. The number of carbonyl (C=O) groups is 1. The molecule has 2 N–H and O–H groups in total. The maximum Gasteiger partial charge on any atom is 0.371 e. The molecule has 1 aliphatic rings. The van der Waals surface area contributed by atoms with Crippen molar-refractivity contribution in [3.63, 3.8) is 0 Å². The minimum atomic E-state index is -1.11. The van der Waals surface area contributed by atoms with Crippen molar-refractivity contribution >= 4 is 5.97 Å². The highest BCUT2D eigenvalue weighted by Crippen LogP contribution is 2.72. The first-order chi connectivity index (χ1) is 7.69. The maximum atomic E-state index is 10.7. The molecule has 4 heteroatoms. The minimum Gasteiger partial charge on any atom is -0.475 e. The first-order valence-corrected chi connectivity index (χ1v) is 5.70. The lowest BCUT2D eigenvalue weighted by Crippen LogP contribution is -2.04. The topological polar surface area (TPSA) is 70.7 Å². The zero-order valence-corrected chi connectivity index (χ0v) is 10.5. The fourth-order valence-corrected chi connectivity index (χ4v) is 2.83. The standard InChI is InChI=1S/C13H18O4/c1-12(2)10(13(12,3)4)9(14)7-5-6-8(17-7)11(15)16/h5-6,9-10,14H,1-4H3,(H,15,16). The number of carboxylic acids is 1. The van der Waals surface area contributed by atoms with Gasteiger partial charge in [0.05, 0.1) is 0 Å². The van der Waals surface area contributed by atoms with E-state index >= 15 is 0 Å². The average Bonchev–Trinajstić information content (AvgIpc) is 2.57. The molecule has 1 saturated carbocycles. The van der Waals surface area contributed by atoms with Gasteiger partial charge in [-0.15, -0.1) is 0 Å². The van der Waals surface area contributed by atoms with Crippen LogP contribution in [-0.4, -0.2) is 16.2 Å². The van der Waals surface area contributed by atoms with E-state index in [-0.39, 0.29) is 22.5 Å². The predicted molar refractivity (Wildman–Crippen MR) is 61.7 cm³/mol. The van der Waals surface area contributed by atoms with Crippen LogP contribution < -0.4 is 0 Å². The van der Waals surface area contributed by atoms with Crippen molar-refractivity contribution in [1.82, 2.24) is 0 Å². The first-order valence-electron chi connectivity index (χ1n) is 5.70. The lowest BCUT2D eigenvalue weighted by atomic mass is 10.0. The highest BCUT2D eigenvalue weighted by atomic mass is 16.4. The molecule has 1 unspecified atom stereocenters. The smallest absolute Gasteiger partial charge is 0.371 e. The fourth-order valence-electron chi connectivity index (χ4n) is 2.83. The van der Waals surface area contributed by atoms with Gasteiger partial charge in [-0.3, -0.25) is 0 Å². The number of furan rings is 1. The van der Waals surface area contributed by atoms with E-state index in [1.807, 2.05) is 0 Å². The van der Waals surface area contributed by atoms with Crippen molar-refractivity contribution in [2.24, 2.45) is 16.7 Å². The summed E-state index contributed by atoms with van der Waals surface area (Å²) in [7, 11) is 0. The molecule has 17 heavy (non-hydrogen) atoms. The van der Waals surface area contributed by atoms with E-state index in [9.17, 15) is 9.90 Å². The van der Waals surface area contributed by atoms with Gasteiger partial charge < -0.3 is 14.6 Å². The Bertz CT molecular complexity index is 442. The molecule has 0 aliphatic heterocycles. The molecule has 1 heterocycles. The Morgan fingerprint density at radius 3 is 2.18 bits per heavy atom. The van der Waals surface area contributed by atoms with Crippen LogP contribution in [0.25, 0.3) is 0 Å². The van der Waals surface area contributed by atoms with E-state index < -0.39 is 12.1 Å². The number of carboxylic acid groups (broad SMARTS) is 1. The van der Waals surface area contributed by atoms with Crippen LogP contribution in [0.15, 0.2) is 16.5 Å². The van der Waals surface area contributed by atoms with Gasteiger partial charge >= 0.3 is 5.97 Å². The van der Waals surface area contributed by atoms with Crippen LogP contribution in [0.4, 0.5) is 0 Å². The van der Waals surface area contributed by atoms with Gasteiger partial charge in [-0.25, -0.2) is 4.79 Å². The molecule has 4 nitrogen and oxygen atoms in total. The van der Waals surface area contributed by atoms with Crippen molar-refractivity contribution < 1.29 is 19.4 Å². The van der Waals surface area contributed by atoms with Crippen molar-refractivity contribution in [1.29, 1.82) is 0 Å².